The SMILES string of the molecule is CNC(=O)Cc1nc(CS(=O)(=O)[C@H]2CCCc3ccccc32)cs1. The van der Waals surface area contributed by atoms with Gasteiger partial charge >= 0.3 is 0 Å². The summed E-state index contributed by atoms with van der Waals surface area (Å²) < 4.78 is 25.8. The Labute approximate surface area is 146 Å². The number of nitrogens with one attached hydrogen (secondary N) is 1. The summed E-state index contributed by atoms with van der Waals surface area (Å²) in [6, 6.07) is 7.80. The first-order valence-electron chi connectivity index (χ1n) is 7.93. The van der Waals surface area contributed by atoms with Crippen LogP contribution < -0.4 is 5.32 Å². The summed E-state index contributed by atoms with van der Waals surface area (Å²) in [5, 5.41) is 4.47. The summed E-state index contributed by atoms with van der Waals surface area (Å²) in [6.45, 7) is 0. The molecule has 2 aromatic rings. The van der Waals surface area contributed by atoms with E-state index < -0.39 is 15.1 Å². The number of thiazole rings is 1. The molecule has 0 saturated carbocycles. The molecule has 3 rings (SSSR count). The summed E-state index contributed by atoms with van der Waals surface area (Å²) in [5.74, 6) is -0.198. The normalized spacial score (nSPS) is 17.3. The number of carbonyl (C=O) groups excluding carboxylic acids is 1. The number of hydrogen-bond donors (Lipinski definition) is 1. The van der Waals surface area contributed by atoms with Gasteiger partial charge in [-0.2, -0.15) is 0 Å². The lowest BCUT2D eigenvalue weighted by atomic mass is 9.91. The predicted molar refractivity (Wildman–Crippen MR) is 94.6 cm³/mol. The molecule has 0 aliphatic heterocycles. The highest BCUT2D eigenvalue weighted by Crippen LogP contribution is 2.37. The van der Waals surface area contributed by atoms with Crippen molar-refractivity contribution in [3.8, 4) is 0 Å². The van der Waals surface area contributed by atoms with E-state index in [9.17, 15) is 13.2 Å². The second-order valence-electron chi connectivity index (χ2n) is 5.97. The third-order valence-electron chi connectivity index (χ3n) is 4.29. The van der Waals surface area contributed by atoms with E-state index in [0.717, 1.165) is 24.0 Å². The average molecular weight is 364 g/mol. The van der Waals surface area contributed by atoms with Gasteiger partial charge in [-0.3, -0.25) is 4.79 Å². The number of carbonyl (C=O) groups is 1. The van der Waals surface area contributed by atoms with Crippen LogP contribution in [0.3, 0.4) is 0 Å². The van der Waals surface area contributed by atoms with Crippen LogP contribution in [0, 0.1) is 0 Å². The second kappa shape index (κ2) is 7.03. The van der Waals surface area contributed by atoms with Crippen molar-refractivity contribution in [1.29, 1.82) is 0 Å². The van der Waals surface area contributed by atoms with Crippen molar-refractivity contribution in [1.82, 2.24) is 10.3 Å². The topological polar surface area (TPSA) is 76.1 Å². The standard InChI is InChI=1S/C17H20N2O3S2/c1-18-16(20)9-17-19-13(10-23-17)11-24(21,22)15-8-4-6-12-5-2-3-7-14(12)15/h2-3,5,7,10,15H,4,6,8-9,11H2,1H3,(H,18,20)/t15-/m0/s1. The highest BCUT2D eigenvalue weighted by Gasteiger charge is 2.32. The second-order valence-corrected chi connectivity index (χ2v) is 9.10. The largest absolute Gasteiger partial charge is 0.359 e. The molecule has 0 saturated heterocycles. The van der Waals surface area contributed by atoms with Crippen LogP contribution in [0.2, 0.25) is 0 Å². The maximum absolute atomic E-state index is 12.9. The van der Waals surface area contributed by atoms with Crippen molar-refractivity contribution in [2.24, 2.45) is 0 Å². The van der Waals surface area contributed by atoms with Crippen LogP contribution in [0.15, 0.2) is 29.6 Å². The van der Waals surface area contributed by atoms with E-state index in [4.69, 9.17) is 0 Å². The van der Waals surface area contributed by atoms with Gasteiger partial charge in [-0.15, -0.1) is 11.3 Å². The van der Waals surface area contributed by atoms with E-state index in [1.54, 1.807) is 12.4 Å². The minimum absolute atomic E-state index is 0.0732. The molecule has 0 unspecified atom stereocenters. The van der Waals surface area contributed by atoms with Crippen LogP contribution >= 0.6 is 11.3 Å². The fourth-order valence-corrected chi connectivity index (χ4v) is 5.91. The number of likely N-dealkylation sites (N-methyl/N-ethyl adjacent to an activating group) is 1. The van der Waals surface area contributed by atoms with Crippen molar-refractivity contribution >= 4 is 27.1 Å². The Morgan fingerprint density at radius 3 is 2.96 bits per heavy atom. The lowest BCUT2D eigenvalue weighted by Gasteiger charge is -2.25. The number of amides is 1. The average Bonchev–Trinajstić information content (AvgIpc) is 3.00. The molecule has 1 atom stereocenters. The molecule has 1 heterocycles. The van der Waals surface area contributed by atoms with Gasteiger partial charge in [0.15, 0.2) is 9.84 Å². The van der Waals surface area contributed by atoms with E-state index in [2.05, 4.69) is 10.3 Å². The number of rotatable bonds is 5. The van der Waals surface area contributed by atoms with Gasteiger partial charge < -0.3 is 5.32 Å². The minimum Gasteiger partial charge on any atom is -0.359 e. The molecule has 0 radical (unpaired) electrons. The van der Waals surface area contributed by atoms with Crippen LogP contribution in [0.4, 0.5) is 0 Å². The Balaban J connectivity index is 1.79. The first-order chi connectivity index (χ1) is 11.5. The number of benzene rings is 1. The lowest BCUT2D eigenvalue weighted by Crippen LogP contribution is -2.21. The molecule has 1 amide bonds. The molecule has 1 aromatic heterocycles. The molecule has 128 valence electrons. The number of fused-ring (bicyclic) bond motifs is 1. The van der Waals surface area contributed by atoms with Gasteiger partial charge in [-0.1, -0.05) is 24.3 Å². The Kier molecular flexibility index (Phi) is 5.01. The van der Waals surface area contributed by atoms with Gasteiger partial charge in [0.05, 0.1) is 23.1 Å². The van der Waals surface area contributed by atoms with E-state index in [1.165, 1.54) is 11.3 Å². The number of aromatic nitrogens is 1. The molecule has 1 aromatic carbocycles. The van der Waals surface area contributed by atoms with Gasteiger partial charge in [0.1, 0.15) is 5.01 Å². The molecule has 0 fully saturated rings. The van der Waals surface area contributed by atoms with Crippen LogP contribution in [0.1, 0.15) is 39.9 Å². The number of nitrogens with zero attached hydrogens (tertiary/aromatic N) is 1. The van der Waals surface area contributed by atoms with Crippen molar-refractivity contribution in [2.45, 2.75) is 36.7 Å². The lowest BCUT2D eigenvalue weighted by molar-refractivity contribution is -0.119. The van der Waals surface area contributed by atoms with Gasteiger partial charge in [0, 0.05) is 12.4 Å². The molecule has 1 aliphatic rings. The van der Waals surface area contributed by atoms with E-state index in [-0.39, 0.29) is 18.1 Å². The Bertz CT molecular complexity index is 843. The van der Waals surface area contributed by atoms with Crippen molar-refractivity contribution in [3.63, 3.8) is 0 Å². The van der Waals surface area contributed by atoms with Crippen molar-refractivity contribution < 1.29 is 13.2 Å². The summed E-state index contributed by atoms with van der Waals surface area (Å²) in [7, 11) is -1.76. The number of aryl methyl sites for hydroxylation is 1. The zero-order valence-electron chi connectivity index (χ0n) is 13.5. The first-order valence-corrected chi connectivity index (χ1v) is 10.5. The Morgan fingerprint density at radius 2 is 2.17 bits per heavy atom. The fraction of sp³-hybridized carbons (Fsp3) is 0.412. The van der Waals surface area contributed by atoms with Crippen molar-refractivity contribution in [3.05, 3.63) is 51.5 Å². The first kappa shape index (κ1) is 17.1. The molecular weight excluding hydrogens is 344 g/mol. The van der Waals surface area contributed by atoms with Gasteiger partial charge in [0.25, 0.3) is 0 Å². The van der Waals surface area contributed by atoms with Gasteiger partial charge in [0.2, 0.25) is 5.91 Å². The van der Waals surface area contributed by atoms with Gasteiger partial charge in [-0.05, 0) is 30.4 Å². The van der Waals surface area contributed by atoms with Crippen LogP contribution in [-0.4, -0.2) is 26.4 Å². The van der Waals surface area contributed by atoms with Crippen LogP contribution in [0.5, 0.6) is 0 Å². The number of hydrogen-bond acceptors (Lipinski definition) is 5. The Hall–Kier alpha value is -1.73. The predicted octanol–water partition coefficient (Wildman–Crippen LogP) is 2.42. The molecule has 0 spiro atoms. The van der Waals surface area contributed by atoms with E-state index in [0.29, 0.717) is 17.1 Å². The zero-order valence-corrected chi connectivity index (χ0v) is 15.1. The zero-order chi connectivity index (χ0) is 17.2. The summed E-state index contributed by atoms with van der Waals surface area (Å²) in [6.07, 6.45) is 2.68. The smallest absolute Gasteiger partial charge is 0.226 e. The number of sulfone groups is 1. The fourth-order valence-electron chi connectivity index (χ4n) is 3.11. The van der Waals surface area contributed by atoms with E-state index >= 15 is 0 Å². The monoisotopic (exact) mass is 364 g/mol. The molecule has 24 heavy (non-hydrogen) atoms. The molecule has 0 bridgehead atoms. The molecule has 1 aliphatic carbocycles. The molecule has 1 N–H and O–H groups in total. The molecule has 5 nitrogen and oxygen atoms in total. The summed E-state index contributed by atoms with van der Waals surface area (Å²) >= 11 is 1.33. The maximum atomic E-state index is 12.9. The maximum Gasteiger partial charge on any atom is 0.226 e. The molecular formula is C17H20N2O3S2. The highest BCUT2D eigenvalue weighted by molar-refractivity contribution is 7.90. The van der Waals surface area contributed by atoms with Crippen molar-refractivity contribution in [2.75, 3.05) is 7.05 Å². The Morgan fingerprint density at radius 1 is 1.38 bits per heavy atom. The summed E-state index contributed by atoms with van der Waals surface area (Å²) in [4.78, 5) is 15.7. The quantitative estimate of drug-likeness (QED) is 0.884. The minimum atomic E-state index is -3.33. The van der Waals surface area contributed by atoms with Crippen LogP contribution in [-0.2, 0) is 33.2 Å². The molecule has 7 heteroatoms. The summed E-state index contributed by atoms with van der Waals surface area (Å²) in [5.41, 5.74) is 2.60. The van der Waals surface area contributed by atoms with Crippen LogP contribution in [0.25, 0.3) is 0 Å². The third-order valence-corrected chi connectivity index (χ3v) is 7.24. The highest BCUT2D eigenvalue weighted by atomic mass is 32.2. The third kappa shape index (κ3) is 3.67. The van der Waals surface area contributed by atoms with Gasteiger partial charge in [-0.25, -0.2) is 13.4 Å². The van der Waals surface area contributed by atoms with E-state index in [1.807, 2.05) is 24.3 Å².